The number of carbonyl (C=O) groups excluding carboxylic acids is 1. The maximum absolute atomic E-state index is 12.6. The van der Waals surface area contributed by atoms with E-state index in [-0.39, 0.29) is 18.7 Å². The number of methoxy groups -OCH3 is 3. The van der Waals surface area contributed by atoms with E-state index in [1.165, 1.54) is 6.08 Å². The number of hydrogen-bond acceptors (Lipinski definition) is 6. The monoisotopic (exact) mass is 436 g/mol. The average molecular weight is 436 g/mol. The molecule has 0 aliphatic heterocycles. The first kappa shape index (κ1) is 22.6. The van der Waals surface area contributed by atoms with Gasteiger partial charge in [-0.05, 0) is 54.6 Å². The van der Waals surface area contributed by atoms with Gasteiger partial charge in [0, 0.05) is 22.9 Å². The van der Waals surface area contributed by atoms with E-state index < -0.39 is 5.97 Å². The second-order valence-corrected chi connectivity index (χ2v) is 6.84. The molecule has 2 aromatic carbocycles. The molecule has 8 nitrogen and oxygen atoms in total. The highest BCUT2D eigenvalue weighted by atomic mass is 16.5. The van der Waals surface area contributed by atoms with Crippen LogP contribution in [0.2, 0.25) is 0 Å². The Labute approximate surface area is 185 Å². The number of hydrogen-bond donors (Lipinski definition) is 1. The smallest absolute Gasteiger partial charge is 0.305 e. The Morgan fingerprint density at radius 3 is 2.34 bits per heavy atom. The minimum absolute atomic E-state index is 0.0685. The first-order valence-corrected chi connectivity index (χ1v) is 9.83. The third-order valence-corrected chi connectivity index (χ3v) is 4.79. The molecule has 0 spiro atoms. The summed E-state index contributed by atoms with van der Waals surface area (Å²) in [5.74, 6) is 0.688. The zero-order valence-corrected chi connectivity index (χ0v) is 18.1. The molecular weight excluding hydrogens is 412 g/mol. The van der Waals surface area contributed by atoms with E-state index in [9.17, 15) is 9.59 Å². The highest BCUT2D eigenvalue weighted by Crippen LogP contribution is 2.33. The number of rotatable bonds is 10. The van der Waals surface area contributed by atoms with Crippen LogP contribution < -0.4 is 14.2 Å². The molecular formula is C24H24N2O6. The Hall–Kier alpha value is -4.07. The van der Waals surface area contributed by atoms with Crippen molar-refractivity contribution in [3.8, 4) is 28.5 Å². The Morgan fingerprint density at radius 1 is 1.00 bits per heavy atom. The third-order valence-electron chi connectivity index (χ3n) is 4.79. The lowest BCUT2D eigenvalue weighted by Crippen LogP contribution is -2.04. The van der Waals surface area contributed by atoms with Crippen LogP contribution >= 0.6 is 0 Å². The number of carboxylic acid groups (broad SMARTS) is 1. The number of carbonyl (C=O) groups is 2. The van der Waals surface area contributed by atoms with E-state index in [1.807, 2.05) is 6.07 Å². The van der Waals surface area contributed by atoms with Gasteiger partial charge in [0.15, 0.2) is 17.3 Å². The van der Waals surface area contributed by atoms with Crippen LogP contribution in [0.4, 0.5) is 0 Å². The van der Waals surface area contributed by atoms with Gasteiger partial charge in [-0.15, -0.1) is 0 Å². The molecule has 0 aliphatic rings. The summed E-state index contributed by atoms with van der Waals surface area (Å²) >= 11 is 0. The van der Waals surface area contributed by atoms with Crippen LogP contribution in [0.15, 0.2) is 54.7 Å². The van der Waals surface area contributed by atoms with Crippen molar-refractivity contribution in [2.24, 2.45) is 0 Å². The van der Waals surface area contributed by atoms with Gasteiger partial charge in [-0.2, -0.15) is 5.10 Å². The summed E-state index contributed by atoms with van der Waals surface area (Å²) < 4.78 is 17.3. The van der Waals surface area contributed by atoms with Gasteiger partial charge in [0.2, 0.25) is 0 Å². The molecule has 3 rings (SSSR count). The molecule has 0 saturated heterocycles. The maximum Gasteiger partial charge on any atom is 0.305 e. The van der Waals surface area contributed by atoms with Gasteiger partial charge in [0.05, 0.1) is 40.0 Å². The Balaban J connectivity index is 1.95. The van der Waals surface area contributed by atoms with E-state index >= 15 is 0 Å². The van der Waals surface area contributed by atoms with Crippen molar-refractivity contribution in [3.63, 3.8) is 0 Å². The standard InChI is InChI=1S/C24H24N2O6/c1-30-19-8-4-16(5-9-19)20(27)10-6-18-15-26(13-12-23(28)29)25-24(18)17-7-11-21(31-2)22(14-17)32-3/h4-11,14-15H,12-13H2,1-3H3,(H,28,29)/b10-6+. The lowest BCUT2D eigenvalue weighted by Gasteiger charge is -2.09. The minimum atomic E-state index is -0.917. The van der Waals surface area contributed by atoms with Crippen LogP contribution in [-0.2, 0) is 11.3 Å². The zero-order valence-electron chi connectivity index (χ0n) is 18.1. The SMILES string of the molecule is COc1ccc(C(=O)/C=C/c2cn(CCC(=O)O)nc2-c2ccc(OC)c(OC)c2)cc1. The zero-order chi connectivity index (χ0) is 23.1. The van der Waals surface area contributed by atoms with Crippen molar-refractivity contribution in [3.05, 3.63) is 65.9 Å². The fourth-order valence-electron chi connectivity index (χ4n) is 3.11. The molecule has 8 heteroatoms. The molecule has 0 fully saturated rings. The number of aryl methyl sites for hydroxylation is 1. The van der Waals surface area contributed by atoms with Crippen LogP contribution in [0.5, 0.6) is 17.2 Å². The highest BCUT2D eigenvalue weighted by molar-refractivity contribution is 6.07. The molecule has 0 radical (unpaired) electrons. The molecule has 0 bridgehead atoms. The molecule has 1 N–H and O–H groups in total. The van der Waals surface area contributed by atoms with Crippen molar-refractivity contribution in [2.45, 2.75) is 13.0 Å². The second-order valence-electron chi connectivity index (χ2n) is 6.84. The molecule has 1 aromatic heterocycles. The van der Waals surface area contributed by atoms with E-state index in [4.69, 9.17) is 19.3 Å². The minimum Gasteiger partial charge on any atom is -0.497 e. The van der Waals surface area contributed by atoms with E-state index in [0.717, 1.165) is 5.56 Å². The van der Waals surface area contributed by atoms with Gasteiger partial charge in [-0.25, -0.2) is 0 Å². The third kappa shape index (κ3) is 5.34. The van der Waals surface area contributed by atoms with Crippen LogP contribution in [-0.4, -0.2) is 48.0 Å². The molecule has 0 saturated carbocycles. The first-order valence-electron chi connectivity index (χ1n) is 9.83. The van der Waals surface area contributed by atoms with Crippen molar-refractivity contribution in [2.75, 3.05) is 21.3 Å². The normalized spacial score (nSPS) is 10.8. The summed E-state index contributed by atoms with van der Waals surface area (Å²) in [6.07, 6.45) is 4.78. The number of benzene rings is 2. The molecule has 1 heterocycles. The predicted octanol–water partition coefficient (Wildman–Crippen LogP) is 3.95. The molecule has 0 atom stereocenters. The molecule has 32 heavy (non-hydrogen) atoms. The molecule has 3 aromatic rings. The van der Waals surface area contributed by atoms with Gasteiger partial charge >= 0.3 is 5.97 Å². The van der Waals surface area contributed by atoms with Gasteiger partial charge in [0.1, 0.15) is 5.75 Å². The van der Waals surface area contributed by atoms with E-state index in [0.29, 0.717) is 34.1 Å². The predicted molar refractivity (Wildman–Crippen MR) is 119 cm³/mol. The number of allylic oxidation sites excluding steroid dienone is 1. The van der Waals surface area contributed by atoms with Crippen molar-refractivity contribution in [1.82, 2.24) is 9.78 Å². The number of ether oxygens (including phenoxy) is 3. The number of ketones is 1. The summed E-state index contributed by atoms with van der Waals surface area (Å²) in [4.78, 5) is 23.6. The highest BCUT2D eigenvalue weighted by Gasteiger charge is 2.14. The molecule has 0 aliphatic carbocycles. The maximum atomic E-state index is 12.6. The van der Waals surface area contributed by atoms with Gasteiger partial charge in [-0.3, -0.25) is 14.3 Å². The van der Waals surface area contributed by atoms with Gasteiger partial charge in [-0.1, -0.05) is 0 Å². The van der Waals surface area contributed by atoms with Gasteiger partial charge in [0.25, 0.3) is 0 Å². The summed E-state index contributed by atoms with van der Waals surface area (Å²) in [6, 6.07) is 12.2. The quantitative estimate of drug-likeness (QED) is 0.379. The van der Waals surface area contributed by atoms with Crippen LogP contribution in [0.3, 0.4) is 0 Å². The van der Waals surface area contributed by atoms with E-state index in [2.05, 4.69) is 5.10 Å². The lowest BCUT2D eigenvalue weighted by atomic mass is 10.1. The lowest BCUT2D eigenvalue weighted by molar-refractivity contribution is -0.137. The fourth-order valence-corrected chi connectivity index (χ4v) is 3.11. The van der Waals surface area contributed by atoms with Crippen molar-refractivity contribution < 1.29 is 28.9 Å². The summed E-state index contributed by atoms with van der Waals surface area (Å²) in [6.45, 7) is 0.204. The summed E-state index contributed by atoms with van der Waals surface area (Å²) in [5.41, 5.74) is 2.53. The summed E-state index contributed by atoms with van der Waals surface area (Å²) in [7, 11) is 4.66. The molecule has 166 valence electrons. The van der Waals surface area contributed by atoms with Crippen LogP contribution in [0.25, 0.3) is 17.3 Å². The Morgan fingerprint density at radius 2 is 1.72 bits per heavy atom. The van der Waals surface area contributed by atoms with Crippen LogP contribution in [0, 0.1) is 0 Å². The van der Waals surface area contributed by atoms with Crippen molar-refractivity contribution >= 4 is 17.8 Å². The van der Waals surface area contributed by atoms with E-state index in [1.54, 1.807) is 74.7 Å². The molecule has 0 unspecified atom stereocenters. The number of aliphatic carboxylic acids is 1. The van der Waals surface area contributed by atoms with Crippen molar-refractivity contribution in [1.29, 1.82) is 0 Å². The Bertz CT molecular complexity index is 1130. The Kier molecular flexibility index (Phi) is 7.28. The number of nitrogens with zero attached hydrogens (tertiary/aromatic N) is 2. The summed E-state index contributed by atoms with van der Waals surface area (Å²) in [5, 5.41) is 13.5. The average Bonchev–Trinajstić information content (AvgIpc) is 3.23. The first-order chi connectivity index (χ1) is 15.4. The molecule has 0 amide bonds. The second kappa shape index (κ2) is 10.3. The van der Waals surface area contributed by atoms with Gasteiger partial charge < -0.3 is 19.3 Å². The van der Waals surface area contributed by atoms with Crippen LogP contribution in [0.1, 0.15) is 22.3 Å². The topological polar surface area (TPSA) is 99.9 Å². The number of aromatic nitrogens is 2. The largest absolute Gasteiger partial charge is 0.497 e. The number of carboxylic acids is 1. The fraction of sp³-hybridized carbons (Fsp3) is 0.208.